The largest absolute Gasteiger partial charge is 0.435 e. The predicted octanol–water partition coefficient (Wildman–Crippen LogP) is 3.86. The van der Waals surface area contributed by atoms with E-state index in [-0.39, 0.29) is 11.7 Å². The number of halogens is 2. The van der Waals surface area contributed by atoms with Crippen LogP contribution in [0.4, 0.5) is 14.5 Å². The van der Waals surface area contributed by atoms with Crippen LogP contribution < -0.4 is 10.1 Å². The van der Waals surface area contributed by atoms with Gasteiger partial charge in [-0.2, -0.15) is 8.78 Å². The number of aliphatic imine (C=N–C) groups is 1. The van der Waals surface area contributed by atoms with Crippen molar-refractivity contribution in [1.29, 1.82) is 0 Å². The van der Waals surface area contributed by atoms with Crippen molar-refractivity contribution < 1.29 is 18.3 Å². The molecule has 0 saturated carbocycles. The SMILES string of the molecule is O=C1CCCN=C(c2ccccc2)c2cc(OC(F)F)ccc2N1. The molecule has 2 aromatic carbocycles. The Hall–Kier alpha value is -2.76. The third-order valence-electron chi connectivity index (χ3n) is 3.62. The summed E-state index contributed by atoms with van der Waals surface area (Å²) in [5.74, 6) is -0.0934. The van der Waals surface area contributed by atoms with E-state index in [1.165, 1.54) is 12.1 Å². The third kappa shape index (κ3) is 3.76. The van der Waals surface area contributed by atoms with Crippen LogP contribution in [0, 0.1) is 0 Å². The minimum atomic E-state index is -2.91. The Morgan fingerprint density at radius 2 is 1.92 bits per heavy atom. The van der Waals surface area contributed by atoms with Gasteiger partial charge in [-0.3, -0.25) is 9.79 Å². The lowest BCUT2D eigenvalue weighted by molar-refractivity contribution is -0.116. The monoisotopic (exact) mass is 330 g/mol. The molecule has 1 aliphatic rings. The summed E-state index contributed by atoms with van der Waals surface area (Å²) in [7, 11) is 0. The topological polar surface area (TPSA) is 50.7 Å². The summed E-state index contributed by atoms with van der Waals surface area (Å²) >= 11 is 0. The highest BCUT2D eigenvalue weighted by atomic mass is 19.3. The van der Waals surface area contributed by atoms with E-state index in [0.717, 1.165) is 5.56 Å². The van der Waals surface area contributed by atoms with E-state index >= 15 is 0 Å². The number of nitrogens with one attached hydrogen (secondary N) is 1. The molecule has 1 amide bonds. The van der Waals surface area contributed by atoms with E-state index in [2.05, 4.69) is 15.0 Å². The highest BCUT2D eigenvalue weighted by molar-refractivity contribution is 6.17. The van der Waals surface area contributed by atoms with Crippen molar-refractivity contribution in [3.63, 3.8) is 0 Å². The summed E-state index contributed by atoms with van der Waals surface area (Å²) in [6, 6.07) is 13.9. The smallest absolute Gasteiger partial charge is 0.387 e. The summed E-state index contributed by atoms with van der Waals surface area (Å²) < 4.78 is 29.5. The summed E-state index contributed by atoms with van der Waals surface area (Å²) in [5, 5.41) is 2.82. The number of amides is 1. The molecule has 2 aromatic rings. The van der Waals surface area contributed by atoms with Gasteiger partial charge >= 0.3 is 6.61 Å². The Balaban J connectivity index is 2.11. The van der Waals surface area contributed by atoms with Gasteiger partial charge in [-0.1, -0.05) is 30.3 Å². The predicted molar refractivity (Wildman–Crippen MR) is 87.9 cm³/mol. The zero-order valence-electron chi connectivity index (χ0n) is 12.8. The van der Waals surface area contributed by atoms with E-state index in [1.54, 1.807) is 6.07 Å². The number of carbonyl (C=O) groups excluding carboxylic acids is 1. The number of fused-ring (bicyclic) bond motifs is 1. The molecule has 0 saturated heterocycles. The lowest BCUT2D eigenvalue weighted by atomic mass is 10.00. The molecule has 1 heterocycles. The second-order valence-electron chi connectivity index (χ2n) is 5.33. The van der Waals surface area contributed by atoms with Gasteiger partial charge < -0.3 is 10.1 Å². The van der Waals surface area contributed by atoms with Crippen LogP contribution in [-0.4, -0.2) is 24.8 Å². The fourth-order valence-corrected chi connectivity index (χ4v) is 2.58. The van der Waals surface area contributed by atoms with Crippen LogP contribution in [0.5, 0.6) is 5.75 Å². The van der Waals surface area contributed by atoms with E-state index in [0.29, 0.717) is 36.3 Å². The molecule has 6 heteroatoms. The molecular weight excluding hydrogens is 314 g/mol. The van der Waals surface area contributed by atoms with Gasteiger partial charge in [0.25, 0.3) is 0 Å². The number of nitrogens with zero attached hydrogens (tertiary/aromatic N) is 1. The van der Waals surface area contributed by atoms with E-state index < -0.39 is 6.61 Å². The molecule has 1 aliphatic heterocycles. The summed E-state index contributed by atoms with van der Waals surface area (Å²) in [6.07, 6.45) is 0.983. The molecule has 24 heavy (non-hydrogen) atoms. The number of hydrogen-bond acceptors (Lipinski definition) is 3. The Bertz CT molecular complexity index is 761. The average molecular weight is 330 g/mol. The number of benzene rings is 2. The molecule has 1 N–H and O–H groups in total. The zero-order valence-corrected chi connectivity index (χ0v) is 12.8. The van der Waals surface area contributed by atoms with Crippen molar-refractivity contribution in [3.8, 4) is 5.75 Å². The van der Waals surface area contributed by atoms with Crippen molar-refractivity contribution >= 4 is 17.3 Å². The molecule has 0 fully saturated rings. The van der Waals surface area contributed by atoms with Gasteiger partial charge in [-0.05, 0) is 24.6 Å². The molecule has 4 nitrogen and oxygen atoms in total. The van der Waals surface area contributed by atoms with Crippen LogP contribution in [0.2, 0.25) is 0 Å². The number of hydrogen-bond donors (Lipinski definition) is 1. The number of anilines is 1. The van der Waals surface area contributed by atoms with E-state index in [1.807, 2.05) is 30.3 Å². The maximum absolute atomic E-state index is 12.5. The van der Waals surface area contributed by atoms with Gasteiger partial charge in [0, 0.05) is 24.1 Å². The number of ether oxygens (including phenoxy) is 1. The molecule has 0 radical (unpaired) electrons. The summed E-state index contributed by atoms with van der Waals surface area (Å²) in [4.78, 5) is 16.5. The maximum Gasteiger partial charge on any atom is 0.387 e. The first-order valence-electron chi connectivity index (χ1n) is 7.62. The minimum Gasteiger partial charge on any atom is -0.435 e. The van der Waals surface area contributed by atoms with Gasteiger partial charge in [0.05, 0.1) is 11.4 Å². The van der Waals surface area contributed by atoms with Gasteiger partial charge in [-0.25, -0.2) is 0 Å². The van der Waals surface area contributed by atoms with Gasteiger partial charge in [-0.15, -0.1) is 0 Å². The first-order valence-corrected chi connectivity index (χ1v) is 7.62. The second-order valence-corrected chi connectivity index (χ2v) is 5.33. The number of rotatable bonds is 3. The molecular formula is C18H16F2N2O2. The van der Waals surface area contributed by atoms with Crippen LogP contribution in [0.1, 0.15) is 24.0 Å². The lowest BCUT2D eigenvalue weighted by Gasteiger charge is -2.14. The fourth-order valence-electron chi connectivity index (χ4n) is 2.58. The molecule has 0 unspecified atom stereocenters. The van der Waals surface area contributed by atoms with Crippen molar-refractivity contribution in [3.05, 3.63) is 59.7 Å². The van der Waals surface area contributed by atoms with Crippen molar-refractivity contribution in [2.45, 2.75) is 19.5 Å². The van der Waals surface area contributed by atoms with Crippen LogP contribution in [0.25, 0.3) is 0 Å². The molecule has 0 atom stereocenters. The van der Waals surface area contributed by atoms with Gasteiger partial charge in [0.2, 0.25) is 5.91 Å². The van der Waals surface area contributed by atoms with Gasteiger partial charge in [0.1, 0.15) is 5.75 Å². The van der Waals surface area contributed by atoms with Crippen LogP contribution in [0.15, 0.2) is 53.5 Å². The first kappa shape index (κ1) is 16.1. The number of carbonyl (C=O) groups is 1. The van der Waals surface area contributed by atoms with Crippen molar-refractivity contribution in [1.82, 2.24) is 0 Å². The Labute approximate surface area is 138 Å². The Morgan fingerprint density at radius 3 is 2.67 bits per heavy atom. The first-order chi connectivity index (χ1) is 11.6. The number of alkyl halides is 2. The quantitative estimate of drug-likeness (QED) is 0.929. The highest BCUT2D eigenvalue weighted by Gasteiger charge is 2.17. The Kier molecular flexibility index (Phi) is 4.84. The normalized spacial score (nSPS) is 14.8. The maximum atomic E-state index is 12.5. The van der Waals surface area contributed by atoms with Crippen molar-refractivity contribution in [2.24, 2.45) is 4.99 Å². The van der Waals surface area contributed by atoms with E-state index in [9.17, 15) is 13.6 Å². The highest BCUT2D eigenvalue weighted by Crippen LogP contribution is 2.27. The molecule has 0 bridgehead atoms. The average Bonchev–Trinajstić information content (AvgIpc) is 2.64. The minimum absolute atomic E-state index is 0.0286. The van der Waals surface area contributed by atoms with Crippen LogP contribution >= 0.6 is 0 Å². The summed E-state index contributed by atoms with van der Waals surface area (Å²) in [5.41, 5.74) is 2.59. The Morgan fingerprint density at radius 1 is 1.12 bits per heavy atom. The molecule has 0 aliphatic carbocycles. The van der Waals surface area contributed by atoms with Crippen LogP contribution in [-0.2, 0) is 4.79 Å². The zero-order chi connectivity index (χ0) is 16.9. The third-order valence-corrected chi connectivity index (χ3v) is 3.62. The molecule has 0 aromatic heterocycles. The summed E-state index contributed by atoms with van der Waals surface area (Å²) in [6.45, 7) is -2.43. The standard InChI is InChI=1S/C18H16F2N2O2/c19-18(20)24-13-8-9-15-14(11-13)17(12-5-2-1-3-6-12)21-10-4-7-16(23)22-15/h1-3,5-6,8-9,11,18H,4,7,10H2,(H,22,23). The van der Waals surface area contributed by atoms with Crippen molar-refractivity contribution in [2.75, 3.05) is 11.9 Å². The molecule has 3 rings (SSSR count). The van der Waals surface area contributed by atoms with Gasteiger partial charge in [0.15, 0.2) is 0 Å². The fraction of sp³-hybridized carbons (Fsp3) is 0.222. The molecule has 124 valence electrons. The van der Waals surface area contributed by atoms with E-state index in [4.69, 9.17) is 0 Å². The second kappa shape index (κ2) is 7.21. The van der Waals surface area contributed by atoms with Crippen LogP contribution in [0.3, 0.4) is 0 Å². The lowest BCUT2D eigenvalue weighted by Crippen LogP contribution is -2.14. The molecule has 0 spiro atoms.